The standard InChI is InChI=1S/C5H9N2O3PS/c8-11(9,10)6-1-2-7-3-4-12-5-7/h3-5H,1-2H2,(H2-,6,8,9,10)/p+1. The van der Waals surface area contributed by atoms with Gasteiger partial charge in [-0.2, -0.15) is 4.57 Å². The van der Waals surface area contributed by atoms with E-state index in [9.17, 15) is 4.57 Å². The van der Waals surface area contributed by atoms with Crippen LogP contribution in [0, 0.1) is 0 Å². The molecule has 0 amide bonds. The molecule has 0 fully saturated rings. The van der Waals surface area contributed by atoms with Gasteiger partial charge in [0.2, 0.25) is 5.51 Å². The van der Waals surface area contributed by atoms with Crippen molar-refractivity contribution in [3.63, 3.8) is 0 Å². The van der Waals surface area contributed by atoms with Crippen molar-refractivity contribution in [2.24, 2.45) is 0 Å². The molecule has 0 atom stereocenters. The number of rotatable bonds is 4. The highest BCUT2D eigenvalue weighted by molar-refractivity contribution is 7.49. The lowest BCUT2D eigenvalue weighted by Crippen LogP contribution is -2.35. The zero-order valence-electron chi connectivity index (χ0n) is 6.25. The Bertz CT molecular complexity index is 270. The first-order valence-corrected chi connectivity index (χ1v) is 5.85. The minimum atomic E-state index is -4.04. The van der Waals surface area contributed by atoms with Crippen molar-refractivity contribution in [3.8, 4) is 0 Å². The Hall–Kier alpha value is -0.260. The fraction of sp³-hybridized carbons (Fsp3) is 0.400. The van der Waals surface area contributed by atoms with E-state index >= 15 is 0 Å². The Labute approximate surface area is 73.9 Å². The van der Waals surface area contributed by atoms with E-state index in [2.05, 4.69) is 5.09 Å². The topological polar surface area (TPSA) is 73.4 Å². The van der Waals surface area contributed by atoms with Gasteiger partial charge in [0.1, 0.15) is 0 Å². The third kappa shape index (κ3) is 3.94. The van der Waals surface area contributed by atoms with Crippen LogP contribution in [0.3, 0.4) is 0 Å². The van der Waals surface area contributed by atoms with Crippen LogP contribution >= 0.6 is 19.1 Å². The fourth-order valence-electron chi connectivity index (χ4n) is 0.714. The molecule has 0 bridgehead atoms. The number of hydrogen-bond donors (Lipinski definition) is 3. The smallest absolute Gasteiger partial charge is 0.313 e. The molecule has 1 aromatic rings. The number of aromatic nitrogens is 1. The summed E-state index contributed by atoms with van der Waals surface area (Å²) in [5.74, 6) is 0. The van der Waals surface area contributed by atoms with Crippen LogP contribution in [0.25, 0.3) is 0 Å². The summed E-state index contributed by atoms with van der Waals surface area (Å²) >= 11 is 1.54. The van der Waals surface area contributed by atoms with Gasteiger partial charge in [0.25, 0.3) is 0 Å². The van der Waals surface area contributed by atoms with E-state index in [4.69, 9.17) is 9.79 Å². The average Bonchev–Trinajstić information content (AvgIpc) is 2.36. The summed E-state index contributed by atoms with van der Waals surface area (Å²) in [6.45, 7) is 0.834. The molecule has 0 saturated heterocycles. The molecule has 0 unspecified atom stereocenters. The summed E-state index contributed by atoms with van der Waals surface area (Å²) in [6, 6.07) is 0. The van der Waals surface area contributed by atoms with E-state index < -0.39 is 7.75 Å². The quantitative estimate of drug-likeness (QED) is 0.471. The minimum Gasteiger partial charge on any atom is -0.313 e. The first kappa shape index (κ1) is 9.83. The maximum Gasteiger partial charge on any atom is 0.400 e. The zero-order chi connectivity index (χ0) is 9.03. The lowest BCUT2D eigenvalue weighted by atomic mass is 10.6. The number of nitrogens with zero attached hydrogens (tertiary/aromatic N) is 1. The third-order valence-electron chi connectivity index (χ3n) is 1.21. The Morgan fingerprint density at radius 2 is 2.33 bits per heavy atom. The molecule has 0 aromatic carbocycles. The van der Waals surface area contributed by atoms with Crippen molar-refractivity contribution in [1.82, 2.24) is 5.09 Å². The zero-order valence-corrected chi connectivity index (χ0v) is 7.96. The second-order valence-corrected chi connectivity index (χ2v) is 4.38. The highest BCUT2D eigenvalue weighted by atomic mass is 32.1. The maximum absolute atomic E-state index is 10.3. The molecule has 0 aliphatic rings. The Morgan fingerprint density at radius 3 is 2.83 bits per heavy atom. The summed E-state index contributed by atoms with van der Waals surface area (Å²) < 4.78 is 12.2. The van der Waals surface area contributed by atoms with Crippen LogP contribution in [-0.4, -0.2) is 16.3 Å². The number of nitrogens with one attached hydrogen (secondary N) is 1. The van der Waals surface area contributed by atoms with Gasteiger partial charge >= 0.3 is 7.75 Å². The van der Waals surface area contributed by atoms with Crippen LogP contribution in [0.2, 0.25) is 0 Å². The van der Waals surface area contributed by atoms with Gasteiger partial charge in [0.05, 0.1) is 11.9 Å². The largest absolute Gasteiger partial charge is 0.400 e. The van der Waals surface area contributed by atoms with Crippen molar-refractivity contribution < 1.29 is 18.9 Å². The van der Waals surface area contributed by atoms with E-state index in [1.54, 1.807) is 0 Å². The van der Waals surface area contributed by atoms with Crippen LogP contribution in [0.1, 0.15) is 0 Å². The predicted molar refractivity (Wildman–Crippen MR) is 44.6 cm³/mol. The van der Waals surface area contributed by atoms with Gasteiger partial charge in [-0.3, -0.25) is 0 Å². The maximum atomic E-state index is 10.3. The van der Waals surface area contributed by atoms with Crippen LogP contribution in [0.4, 0.5) is 0 Å². The van der Waals surface area contributed by atoms with Gasteiger partial charge in [-0.15, -0.1) is 0 Å². The van der Waals surface area contributed by atoms with E-state index in [0.29, 0.717) is 6.54 Å². The highest BCUT2D eigenvalue weighted by Crippen LogP contribution is 2.26. The summed E-state index contributed by atoms with van der Waals surface area (Å²) in [7, 11) is -4.04. The molecule has 1 heterocycles. The molecule has 68 valence electrons. The number of thiazole rings is 1. The van der Waals surface area contributed by atoms with Crippen LogP contribution < -0.4 is 9.65 Å². The normalized spacial score (nSPS) is 11.8. The molecule has 1 rings (SSSR count). The summed E-state index contributed by atoms with van der Waals surface area (Å²) in [5, 5.41) is 4.01. The predicted octanol–water partition coefficient (Wildman–Crippen LogP) is -0.282. The molecule has 5 nitrogen and oxygen atoms in total. The molecule has 0 radical (unpaired) electrons. The van der Waals surface area contributed by atoms with Crippen molar-refractivity contribution >= 4 is 19.1 Å². The van der Waals surface area contributed by atoms with Crippen molar-refractivity contribution in [3.05, 3.63) is 17.1 Å². The lowest BCUT2D eigenvalue weighted by molar-refractivity contribution is -0.690. The SMILES string of the molecule is O=P(O)(O)NCC[n+]1ccsc1. The van der Waals surface area contributed by atoms with Gasteiger partial charge in [-0.25, -0.2) is 9.65 Å². The minimum absolute atomic E-state index is 0.270. The molecule has 1 aromatic heterocycles. The first-order chi connectivity index (χ1) is 5.58. The molecule has 0 spiro atoms. The van der Waals surface area contributed by atoms with Gasteiger partial charge in [-0.1, -0.05) is 11.3 Å². The molecule has 7 heteroatoms. The fourth-order valence-corrected chi connectivity index (χ4v) is 1.73. The van der Waals surface area contributed by atoms with E-state index in [-0.39, 0.29) is 6.54 Å². The van der Waals surface area contributed by atoms with Crippen LogP contribution in [0.5, 0.6) is 0 Å². The molecular weight excluding hydrogens is 199 g/mol. The Kier molecular flexibility index (Phi) is 3.37. The summed E-state index contributed by atoms with van der Waals surface area (Å²) in [6.07, 6.45) is 1.85. The second-order valence-electron chi connectivity index (χ2n) is 2.22. The van der Waals surface area contributed by atoms with Crippen LogP contribution in [-0.2, 0) is 11.1 Å². The molecule has 3 N–H and O–H groups in total. The highest BCUT2D eigenvalue weighted by Gasteiger charge is 2.11. The molecule has 12 heavy (non-hydrogen) atoms. The average molecular weight is 209 g/mol. The summed E-state index contributed by atoms with van der Waals surface area (Å²) in [5.41, 5.74) is 1.88. The second kappa shape index (κ2) is 4.11. The Balaban J connectivity index is 2.24. The van der Waals surface area contributed by atoms with Crippen molar-refractivity contribution in [1.29, 1.82) is 0 Å². The molecule has 0 aliphatic carbocycles. The van der Waals surface area contributed by atoms with E-state index in [1.165, 1.54) is 11.3 Å². The Morgan fingerprint density at radius 1 is 1.58 bits per heavy atom. The van der Waals surface area contributed by atoms with Gasteiger partial charge in [0.15, 0.2) is 12.7 Å². The van der Waals surface area contributed by atoms with Crippen LogP contribution in [0.15, 0.2) is 17.1 Å². The van der Waals surface area contributed by atoms with Crippen molar-refractivity contribution in [2.75, 3.05) is 6.54 Å². The van der Waals surface area contributed by atoms with E-state index in [0.717, 1.165) is 0 Å². The van der Waals surface area contributed by atoms with Gasteiger partial charge < -0.3 is 9.79 Å². The van der Waals surface area contributed by atoms with Crippen molar-refractivity contribution in [2.45, 2.75) is 6.54 Å². The van der Waals surface area contributed by atoms with Gasteiger partial charge in [0, 0.05) is 0 Å². The number of hydrogen-bond acceptors (Lipinski definition) is 2. The monoisotopic (exact) mass is 209 g/mol. The van der Waals surface area contributed by atoms with E-state index in [1.807, 2.05) is 21.7 Å². The summed E-state index contributed by atoms with van der Waals surface area (Å²) in [4.78, 5) is 16.9. The van der Waals surface area contributed by atoms with Gasteiger partial charge in [-0.05, 0) is 0 Å². The first-order valence-electron chi connectivity index (χ1n) is 3.30. The molecule has 0 aliphatic heterocycles. The third-order valence-corrected chi connectivity index (χ3v) is 2.52. The molecule has 0 saturated carbocycles. The molecular formula is C5H10N2O3PS+. The lowest BCUT2D eigenvalue weighted by Gasteiger charge is -2.01.